The van der Waals surface area contributed by atoms with Crippen LogP contribution in [-0.4, -0.2) is 19.7 Å². The number of sulfone groups is 1. The maximum absolute atomic E-state index is 11.9. The van der Waals surface area contributed by atoms with Crippen LogP contribution in [0.1, 0.15) is 24.3 Å². The van der Waals surface area contributed by atoms with Crippen molar-refractivity contribution in [2.75, 3.05) is 11.6 Å². The highest BCUT2D eigenvalue weighted by atomic mass is 32.2. The number of aromatic nitrogens is 1. The highest BCUT2D eigenvalue weighted by Crippen LogP contribution is 2.31. The number of para-hydroxylation sites is 1. The minimum Gasteiger partial charge on any atom is -0.459 e. The molecule has 5 nitrogen and oxygen atoms in total. The Balaban J connectivity index is 1.99. The zero-order chi connectivity index (χ0) is 16.6. The molecule has 0 spiro atoms. The SMILES string of the molecule is Cc1c(C(C)Nc2ncccc2S(C)(=O)=O)oc2ccccc12. The van der Waals surface area contributed by atoms with Gasteiger partial charge in [-0.05, 0) is 32.0 Å². The predicted octanol–water partition coefficient (Wildman–Crippen LogP) is 3.71. The number of aryl methyl sites for hydroxylation is 1. The molecule has 1 N–H and O–H groups in total. The molecule has 3 rings (SSSR count). The number of furan rings is 1. The van der Waals surface area contributed by atoms with Crippen LogP contribution in [0.3, 0.4) is 0 Å². The second kappa shape index (κ2) is 5.70. The van der Waals surface area contributed by atoms with Gasteiger partial charge in [-0.1, -0.05) is 18.2 Å². The van der Waals surface area contributed by atoms with Crippen molar-refractivity contribution < 1.29 is 12.8 Å². The summed E-state index contributed by atoms with van der Waals surface area (Å²) in [7, 11) is -3.35. The third kappa shape index (κ3) is 2.94. The Kier molecular flexibility index (Phi) is 3.85. The summed E-state index contributed by atoms with van der Waals surface area (Å²) in [6, 6.07) is 10.8. The molecule has 0 radical (unpaired) electrons. The Morgan fingerprint density at radius 2 is 1.91 bits per heavy atom. The lowest BCUT2D eigenvalue weighted by Gasteiger charge is -2.15. The Bertz CT molecular complexity index is 961. The fourth-order valence-corrected chi connectivity index (χ4v) is 3.46. The van der Waals surface area contributed by atoms with Crippen LogP contribution in [0, 0.1) is 6.92 Å². The molecular weight excluding hydrogens is 312 g/mol. The van der Waals surface area contributed by atoms with E-state index in [1.807, 2.05) is 38.1 Å². The van der Waals surface area contributed by atoms with Gasteiger partial charge in [0.1, 0.15) is 22.1 Å². The van der Waals surface area contributed by atoms with Gasteiger partial charge in [-0.25, -0.2) is 13.4 Å². The van der Waals surface area contributed by atoms with E-state index in [0.29, 0.717) is 5.82 Å². The van der Waals surface area contributed by atoms with Gasteiger partial charge in [0, 0.05) is 23.4 Å². The lowest BCUT2D eigenvalue weighted by Crippen LogP contribution is -2.12. The molecule has 0 aliphatic carbocycles. The number of hydrogen-bond donors (Lipinski definition) is 1. The zero-order valence-electron chi connectivity index (χ0n) is 13.2. The molecule has 120 valence electrons. The van der Waals surface area contributed by atoms with E-state index in [1.54, 1.807) is 18.3 Å². The van der Waals surface area contributed by atoms with Crippen molar-refractivity contribution in [1.82, 2.24) is 4.98 Å². The van der Waals surface area contributed by atoms with Crippen molar-refractivity contribution in [3.8, 4) is 0 Å². The molecule has 2 aromatic heterocycles. The summed E-state index contributed by atoms with van der Waals surface area (Å²) in [5, 5.41) is 4.21. The molecular formula is C17H18N2O3S. The van der Waals surface area contributed by atoms with Crippen molar-refractivity contribution >= 4 is 26.6 Å². The van der Waals surface area contributed by atoms with Gasteiger partial charge < -0.3 is 9.73 Å². The third-order valence-electron chi connectivity index (χ3n) is 3.80. The number of hydrogen-bond acceptors (Lipinski definition) is 5. The topological polar surface area (TPSA) is 72.2 Å². The van der Waals surface area contributed by atoms with Gasteiger partial charge in [-0.15, -0.1) is 0 Å². The molecule has 0 fully saturated rings. The average Bonchev–Trinajstić information content (AvgIpc) is 2.84. The first-order chi connectivity index (χ1) is 10.9. The second-order valence-corrected chi connectivity index (χ2v) is 7.56. The molecule has 0 aliphatic heterocycles. The highest BCUT2D eigenvalue weighted by molar-refractivity contribution is 7.90. The van der Waals surface area contributed by atoms with Crippen LogP contribution in [0.25, 0.3) is 11.0 Å². The van der Waals surface area contributed by atoms with Crippen LogP contribution in [0.5, 0.6) is 0 Å². The van der Waals surface area contributed by atoms with Gasteiger partial charge in [-0.3, -0.25) is 0 Å². The summed E-state index contributed by atoms with van der Waals surface area (Å²) in [4.78, 5) is 4.34. The molecule has 3 aromatic rings. The Labute approximate surface area is 135 Å². The maximum atomic E-state index is 11.9. The molecule has 0 bridgehead atoms. The van der Waals surface area contributed by atoms with Gasteiger partial charge in [0.2, 0.25) is 0 Å². The number of rotatable bonds is 4. The van der Waals surface area contributed by atoms with Crippen molar-refractivity contribution in [3.63, 3.8) is 0 Å². The molecule has 1 aromatic carbocycles. The number of benzene rings is 1. The fraction of sp³-hybridized carbons (Fsp3) is 0.235. The van der Waals surface area contributed by atoms with Gasteiger partial charge in [-0.2, -0.15) is 0 Å². The van der Waals surface area contributed by atoms with Crippen molar-refractivity contribution in [2.24, 2.45) is 0 Å². The normalized spacial score (nSPS) is 13.2. The molecule has 23 heavy (non-hydrogen) atoms. The van der Waals surface area contributed by atoms with Gasteiger partial charge >= 0.3 is 0 Å². The van der Waals surface area contributed by atoms with E-state index in [-0.39, 0.29) is 10.9 Å². The zero-order valence-corrected chi connectivity index (χ0v) is 14.0. The number of fused-ring (bicyclic) bond motifs is 1. The first-order valence-electron chi connectivity index (χ1n) is 7.27. The number of nitrogens with one attached hydrogen (secondary N) is 1. The van der Waals surface area contributed by atoms with Crippen LogP contribution in [0.15, 0.2) is 51.9 Å². The summed E-state index contributed by atoms with van der Waals surface area (Å²) < 4.78 is 29.7. The Morgan fingerprint density at radius 3 is 2.61 bits per heavy atom. The van der Waals surface area contributed by atoms with Crippen LogP contribution in [-0.2, 0) is 9.84 Å². The summed E-state index contributed by atoms with van der Waals surface area (Å²) in [6.07, 6.45) is 2.74. The highest BCUT2D eigenvalue weighted by Gasteiger charge is 2.20. The molecule has 6 heteroatoms. The van der Waals surface area contributed by atoms with E-state index in [9.17, 15) is 8.42 Å². The molecule has 0 saturated carbocycles. The molecule has 0 amide bonds. The smallest absolute Gasteiger partial charge is 0.179 e. The standard InChI is InChI=1S/C17H18N2O3S/c1-11-13-7-4-5-8-14(13)22-16(11)12(2)19-17-15(23(3,20)21)9-6-10-18-17/h4-10,12H,1-3H3,(H,18,19). The number of anilines is 1. The third-order valence-corrected chi connectivity index (χ3v) is 4.93. The number of pyridine rings is 1. The second-order valence-electron chi connectivity index (χ2n) is 5.58. The van der Waals surface area contributed by atoms with Crippen LogP contribution < -0.4 is 5.32 Å². The molecule has 2 heterocycles. The minimum absolute atomic E-state index is 0.181. The quantitative estimate of drug-likeness (QED) is 0.789. The van der Waals surface area contributed by atoms with E-state index in [0.717, 1.165) is 22.3 Å². The van der Waals surface area contributed by atoms with Crippen LogP contribution in [0.4, 0.5) is 5.82 Å². The summed E-state index contributed by atoms with van der Waals surface area (Å²) >= 11 is 0. The molecule has 1 unspecified atom stereocenters. The Hall–Kier alpha value is -2.34. The van der Waals surface area contributed by atoms with E-state index in [2.05, 4.69) is 10.3 Å². The molecule has 1 atom stereocenters. The van der Waals surface area contributed by atoms with Gasteiger partial charge in [0.15, 0.2) is 9.84 Å². The summed E-state index contributed by atoms with van der Waals surface area (Å²) in [6.45, 7) is 3.92. The fourth-order valence-electron chi connectivity index (χ4n) is 2.68. The number of nitrogens with zero attached hydrogens (tertiary/aromatic N) is 1. The first-order valence-corrected chi connectivity index (χ1v) is 9.16. The first kappa shape index (κ1) is 15.6. The van der Waals surface area contributed by atoms with E-state index >= 15 is 0 Å². The van der Waals surface area contributed by atoms with Crippen molar-refractivity contribution in [1.29, 1.82) is 0 Å². The van der Waals surface area contributed by atoms with Crippen LogP contribution in [0.2, 0.25) is 0 Å². The predicted molar refractivity (Wildman–Crippen MR) is 90.3 cm³/mol. The molecule has 0 saturated heterocycles. The largest absolute Gasteiger partial charge is 0.459 e. The summed E-state index contributed by atoms with van der Waals surface area (Å²) in [5.74, 6) is 1.11. The van der Waals surface area contributed by atoms with E-state index in [1.165, 1.54) is 6.26 Å². The lowest BCUT2D eigenvalue weighted by molar-refractivity contribution is 0.521. The van der Waals surface area contributed by atoms with Crippen molar-refractivity contribution in [3.05, 3.63) is 53.9 Å². The summed E-state index contributed by atoms with van der Waals surface area (Å²) in [5.41, 5.74) is 1.86. The van der Waals surface area contributed by atoms with Crippen molar-refractivity contribution in [2.45, 2.75) is 24.8 Å². The molecule has 0 aliphatic rings. The maximum Gasteiger partial charge on any atom is 0.179 e. The lowest BCUT2D eigenvalue weighted by atomic mass is 10.1. The monoisotopic (exact) mass is 330 g/mol. The van der Waals surface area contributed by atoms with Crippen LogP contribution >= 0.6 is 0 Å². The average molecular weight is 330 g/mol. The van der Waals surface area contributed by atoms with E-state index < -0.39 is 9.84 Å². The van der Waals surface area contributed by atoms with Gasteiger partial charge in [0.25, 0.3) is 0 Å². The van der Waals surface area contributed by atoms with Gasteiger partial charge in [0.05, 0.1) is 6.04 Å². The van der Waals surface area contributed by atoms with E-state index in [4.69, 9.17) is 4.42 Å². The Morgan fingerprint density at radius 1 is 1.17 bits per heavy atom. The minimum atomic E-state index is -3.35.